The van der Waals surface area contributed by atoms with E-state index in [4.69, 9.17) is 11.6 Å². The van der Waals surface area contributed by atoms with Gasteiger partial charge < -0.3 is 9.88 Å². The minimum absolute atomic E-state index is 0.0296. The molecule has 1 fully saturated rings. The van der Waals surface area contributed by atoms with E-state index in [1.165, 1.54) is 16.8 Å². The van der Waals surface area contributed by atoms with Crippen molar-refractivity contribution < 1.29 is 8.42 Å². The third-order valence-electron chi connectivity index (χ3n) is 5.24. The summed E-state index contributed by atoms with van der Waals surface area (Å²) in [6.07, 6.45) is 2.97. The van der Waals surface area contributed by atoms with Crippen LogP contribution in [0.3, 0.4) is 0 Å². The van der Waals surface area contributed by atoms with Crippen LogP contribution in [0.2, 0.25) is 5.02 Å². The first-order valence-corrected chi connectivity index (χ1v) is 11.2. The SMILES string of the molecule is Cn1cnc(S(=O)(=O)N2C[C@H](Nc3cc(C#N)ccc3Cl)[C@@H](c3ccccc3)C2)c1. The second-order valence-electron chi connectivity index (χ2n) is 7.27. The van der Waals surface area contributed by atoms with Gasteiger partial charge in [0.15, 0.2) is 5.03 Å². The van der Waals surface area contributed by atoms with Gasteiger partial charge in [-0.15, -0.1) is 0 Å². The Morgan fingerprint density at radius 2 is 1.97 bits per heavy atom. The summed E-state index contributed by atoms with van der Waals surface area (Å²) < 4.78 is 29.3. The lowest BCUT2D eigenvalue weighted by atomic mass is 9.94. The molecule has 3 aromatic rings. The molecule has 4 rings (SSSR count). The van der Waals surface area contributed by atoms with Crippen molar-refractivity contribution in [2.75, 3.05) is 18.4 Å². The number of nitriles is 1. The van der Waals surface area contributed by atoms with Gasteiger partial charge in [0.05, 0.1) is 28.7 Å². The predicted octanol–water partition coefficient (Wildman–Crippen LogP) is 3.21. The zero-order valence-electron chi connectivity index (χ0n) is 16.2. The molecule has 1 saturated heterocycles. The van der Waals surface area contributed by atoms with E-state index in [1.807, 2.05) is 30.3 Å². The molecular weight excluding hydrogens is 422 g/mol. The average Bonchev–Trinajstić information content (AvgIpc) is 3.37. The summed E-state index contributed by atoms with van der Waals surface area (Å²) in [5, 5.41) is 13.1. The number of aryl methyl sites for hydroxylation is 1. The van der Waals surface area contributed by atoms with E-state index in [2.05, 4.69) is 16.4 Å². The van der Waals surface area contributed by atoms with Crippen LogP contribution in [-0.2, 0) is 17.1 Å². The largest absolute Gasteiger partial charge is 0.379 e. The molecule has 1 N–H and O–H groups in total. The van der Waals surface area contributed by atoms with Gasteiger partial charge in [-0.3, -0.25) is 0 Å². The highest BCUT2D eigenvalue weighted by molar-refractivity contribution is 7.89. The van der Waals surface area contributed by atoms with Crippen LogP contribution in [0.4, 0.5) is 5.69 Å². The van der Waals surface area contributed by atoms with Gasteiger partial charge in [-0.25, -0.2) is 13.4 Å². The molecule has 30 heavy (non-hydrogen) atoms. The van der Waals surface area contributed by atoms with Crippen molar-refractivity contribution in [1.29, 1.82) is 5.26 Å². The molecule has 1 aromatic heterocycles. The van der Waals surface area contributed by atoms with Crippen LogP contribution in [0.1, 0.15) is 17.0 Å². The van der Waals surface area contributed by atoms with Gasteiger partial charge in [-0.2, -0.15) is 9.57 Å². The number of imidazole rings is 1. The number of anilines is 1. The normalized spacial score (nSPS) is 19.5. The highest BCUT2D eigenvalue weighted by Crippen LogP contribution is 2.34. The first-order chi connectivity index (χ1) is 14.4. The van der Waals surface area contributed by atoms with E-state index in [-0.39, 0.29) is 23.5 Å². The van der Waals surface area contributed by atoms with Gasteiger partial charge in [0, 0.05) is 38.3 Å². The van der Waals surface area contributed by atoms with Crippen LogP contribution in [-0.4, -0.2) is 41.4 Å². The van der Waals surface area contributed by atoms with Gasteiger partial charge in [-0.1, -0.05) is 41.9 Å². The maximum absolute atomic E-state index is 13.1. The zero-order chi connectivity index (χ0) is 21.3. The fourth-order valence-electron chi connectivity index (χ4n) is 3.71. The quantitative estimate of drug-likeness (QED) is 0.656. The summed E-state index contributed by atoms with van der Waals surface area (Å²) in [6.45, 7) is 0.571. The van der Waals surface area contributed by atoms with Crippen molar-refractivity contribution in [2.24, 2.45) is 7.05 Å². The molecule has 0 radical (unpaired) electrons. The molecule has 2 heterocycles. The van der Waals surface area contributed by atoms with E-state index < -0.39 is 10.0 Å². The average molecular weight is 442 g/mol. The Morgan fingerprint density at radius 3 is 2.63 bits per heavy atom. The molecule has 1 aliphatic heterocycles. The second-order valence-corrected chi connectivity index (χ2v) is 9.57. The predicted molar refractivity (Wildman–Crippen MR) is 115 cm³/mol. The molecule has 9 heteroatoms. The Hall–Kier alpha value is -2.86. The summed E-state index contributed by atoms with van der Waals surface area (Å²) in [7, 11) is -2.00. The second kappa shape index (κ2) is 8.11. The van der Waals surface area contributed by atoms with Gasteiger partial charge in [-0.05, 0) is 23.8 Å². The van der Waals surface area contributed by atoms with E-state index >= 15 is 0 Å². The lowest BCUT2D eigenvalue weighted by molar-refractivity contribution is 0.468. The molecule has 7 nitrogen and oxygen atoms in total. The summed E-state index contributed by atoms with van der Waals surface area (Å²) in [6, 6.07) is 16.6. The topological polar surface area (TPSA) is 91.0 Å². The Balaban J connectivity index is 1.68. The third-order valence-corrected chi connectivity index (χ3v) is 7.28. The number of sulfonamides is 1. The van der Waals surface area contributed by atoms with Crippen molar-refractivity contribution in [1.82, 2.24) is 13.9 Å². The Morgan fingerprint density at radius 1 is 1.20 bits per heavy atom. The van der Waals surface area contributed by atoms with Crippen molar-refractivity contribution in [3.63, 3.8) is 0 Å². The monoisotopic (exact) mass is 441 g/mol. The standard InChI is InChI=1S/C21H20ClN5O2S/c1-26-13-21(24-14-26)30(28,29)27-11-17(16-5-3-2-4-6-16)20(12-27)25-19-9-15(10-23)7-8-18(19)22/h2-9,13-14,17,20,25H,11-12H2,1H3/t17-,20+/m1/s1. The number of aromatic nitrogens is 2. The maximum Gasteiger partial charge on any atom is 0.262 e. The van der Waals surface area contributed by atoms with E-state index in [1.54, 1.807) is 29.8 Å². The Bertz CT molecular complexity index is 1200. The Labute approximate surface area is 180 Å². The van der Waals surface area contributed by atoms with Crippen LogP contribution in [0, 0.1) is 11.3 Å². The van der Waals surface area contributed by atoms with Crippen LogP contribution < -0.4 is 5.32 Å². The Kier molecular flexibility index (Phi) is 5.52. The summed E-state index contributed by atoms with van der Waals surface area (Å²) >= 11 is 6.33. The third kappa shape index (κ3) is 3.92. The van der Waals surface area contributed by atoms with Gasteiger partial charge >= 0.3 is 0 Å². The number of nitrogens with zero attached hydrogens (tertiary/aromatic N) is 4. The maximum atomic E-state index is 13.1. The van der Waals surface area contributed by atoms with Crippen molar-refractivity contribution in [3.05, 3.63) is 77.2 Å². The molecule has 2 aromatic carbocycles. The van der Waals surface area contributed by atoms with Crippen molar-refractivity contribution >= 4 is 27.3 Å². The molecule has 0 unspecified atom stereocenters. The van der Waals surface area contributed by atoms with Gasteiger partial charge in [0.1, 0.15) is 0 Å². The first-order valence-electron chi connectivity index (χ1n) is 9.38. The van der Waals surface area contributed by atoms with Crippen LogP contribution in [0.25, 0.3) is 0 Å². The molecule has 0 amide bonds. The molecule has 0 saturated carbocycles. The fourth-order valence-corrected chi connectivity index (χ4v) is 5.34. The summed E-state index contributed by atoms with van der Waals surface area (Å²) in [4.78, 5) is 4.03. The number of hydrogen-bond donors (Lipinski definition) is 1. The molecule has 154 valence electrons. The summed E-state index contributed by atoms with van der Waals surface area (Å²) in [5.74, 6) is -0.0912. The molecule has 0 aliphatic carbocycles. The number of halogens is 1. The van der Waals surface area contributed by atoms with E-state index in [0.717, 1.165) is 5.56 Å². The van der Waals surface area contributed by atoms with Crippen LogP contribution in [0.15, 0.2) is 66.1 Å². The van der Waals surface area contributed by atoms with Crippen LogP contribution in [0.5, 0.6) is 0 Å². The van der Waals surface area contributed by atoms with Crippen LogP contribution >= 0.6 is 11.6 Å². The lowest BCUT2D eigenvalue weighted by Gasteiger charge is -2.22. The van der Waals surface area contributed by atoms with E-state index in [0.29, 0.717) is 22.8 Å². The fraction of sp³-hybridized carbons (Fsp3) is 0.238. The number of benzene rings is 2. The minimum atomic E-state index is -3.73. The summed E-state index contributed by atoms with van der Waals surface area (Å²) in [5.41, 5.74) is 2.12. The first kappa shape index (κ1) is 20.4. The minimum Gasteiger partial charge on any atom is -0.379 e. The highest BCUT2D eigenvalue weighted by atomic mass is 35.5. The number of rotatable bonds is 5. The molecule has 2 atom stereocenters. The van der Waals surface area contributed by atoms with Gasteiger partial charge in [0.25, 0.3) is 10.0 Å². The number of nitrogens with one attached hydrogen (secondary N) is 1. The van der Waals surface area contributed by atoms with E-state index in [9.17, 15) is 13.7 Å². The molecular formula is C21H20ClN5O2S. The molecule has 0 bridgehead atoms. The van der Waals surface area contributed by atoms with Crippen molar-refractivity contribution in [2.45, 2.75) is 17.0 Å². The highest BCUT2D eigenvalue weighted by Gasteiger charge is 2.41. The smallest absolute Gasteiger partial charge is 0.262 e. The van der Waals surface area contributed by atoms with Crippen molar-refractivity contribution in [3.8, 4) is 6.07 Å². The van der Waals surface area contributed by atoms with Gasteiger partial charge in [0.2, 0.25) is 0 Å². The molecule has 0 spiro atoms. The molecule has 1 aliphatic rings. The zero-order valence-corrected chi connectivity index (χ0v) is 17.8. The number of hydrogen-bond acceptors (Lipinski definition) is 5. The lowest BCUT2D eigenvalue weighted by Crippen LogP contribution is -2.32.